The maximum atomic E-state index is 5.95. The van der Waals surface area contributed by atoms with Crippen molar-refractivity contribution in [2.24, 2.45) is 0 Å². The molecule has 0 amide bonds. The van der Waals surface area contributed by atoms with E-state index in [0.29, 0.717) is 12.5 Å². The summed E-state index contributed by atoms with van der Waals surface area (Å²) in [6.07, 6.45) is 7.74. The number of nitrogens with zero attached hydrogens (tertiary/aromatic N) is 5. The molecule has 0 aliphatic carbocycles. The molecule has 4 heterocycles. The lowest BCUT2D eigenvalue weighted by Gasteiger charge is -2.32. The second-order valence-corrected chi connectivity index (χ2v) is 10.5. The van der Waals surface area contributed by atoms with Crippen LogP contribution in [0.1, 0.15) is 35.6 Å². The number of fused-ring (bicyclic) bond motifs is 1. The molecular weight excluding hydrogens is 540 g/mol. The fourth-order valence-electron chi connectivity index (χ4n) is 4.97. The number of hydrogen-bond acceptors (Lipinski definition) is 6. The molecule has 192 valence electrons. The lowest BCUT2D eigenvalue weighted by Crippen LogP contribution is -2.34. The third kappa shape index (κ3) is 5.71. The molecule has 0 spiro atoms. The van der Waals surface area contributed by atoms with Gasteiger partial charge in [-0.3, -0.25) is 9.88 Å². The van der Waals surface area contributed by atoms with Crippen LogP contribution < -0.4 is 10.1 Å². The van der Waals surface area contributed by atoms with Gasteiger partial charge in [-0.2, -0.15) is 9.61 Å². The monoisotopic (exact) mass is 568 g/mol. The molecule has 3 aromatic heterocycles. The van der Waals surface area contributed by atoms with Gasteiger partial charge in [0, 0.05) is 44.0 Å². The van der Waals surface area contributed by atoms with Gasteiger partial charge in [0.25, 0.3) is 0 Å². The molecule has 6 rings (SSSR count). The van der Waals surface area contributed by atoms with Crippen LogP contribution in [0.25, 0.3) is 5.65 Å². The molecule has 5 aromatic rings. The Bertz CT molecular complexity index is 1490. The van der Waals surface area contributed by atoms with Crippen LogP contribution >= 0.6 is 15.9 Å². The first-order chi connectivity index (χ1) is 18.7. The summed E-state index contributed by atoms with van der Waals surface area (Å²) < 4.78 is 8.72. The second-order valence-electron chi connectivity index (χ2n) is 9.64. The average Bonchev–Trinajstić information content (AvgIpc) is 3.34. The lowest BCUT2D eigenvalue weighted by atomic mass is 9.94. The molecule has 0 radical (unpaired) electrons. The Kier molecular flexibility index (Phi) is 7.33. The Morgan fingerprint density at radius 3 is 2.61 bits per heavy atom. The van der Waals surface area contributed by atoms with E-state index in [1.165, 1.54) is 5.56 Å². The Balaban J connectivity index is 1.15. The van der Waals surface area contributed by atoms with Crippen molar-refractivity contribution in [3.05, 3.63) is 113 Å². The van der Waals surface area contributed by atoms with Crippen LogP contribution in [0.15, 0.2) is 95.9 Å². The molecule has 1 fully saturated rings. The van der Waals surface area contributed by atoms with Crippen molar-refractivity contribution in [3.8, 4) is 11.5 Å². The zero-order chi connectivity index (χ0) is 25.7. The Morgan fingerprint density at radius 2 is 1.79 bits per heavy atom. The van der Waals surface area contributed by atoms with Crippen LogP contribution in [0.2, 0.25) is 0 Å². The maximum absolute atomic E-state index is 5.95. The average molecular weight is 570 g/mol. The number of halogens is 1. The van der Waals surface area contributed by atoms with Crippen molar-refractivity contribution >= 4 is 27.4 Å². The highest BCUT2D eigenvalue weighted by Gasteiger charge is 2.24. The van der Waals surface area contributed by atoms with Crippen LogP contribution in [-0.2, 0) is 13.1 Å². The zero-order valence-electron chi connectivity index (χ0n) is 21.0. The van der Waals surface area contributed by atoms with Crippen LogP contribution in [0.4, 0.5) is 5.82 Å². The first-order valence-electron chi connectivity index (χ1n) is 12.9. The molecule has 38 heavy (non-hydrogen) atoms. The van der Waals surface area contributed by atoms with E-state index >= 15 is 0 Å². The normalized spacial score (nSPS) is 16.0. The quantitative estimate of drug-likeness (QED) is 0.225. The molecule has 1 aliphatic rings. The molecule has 0 bridgehead atoms. The Labute approximate surface area is 230 Å². The van der Waals surface area contributed by atoms with Gasteiger partial charge in [-0.25, -0.2) is 4.98 Å². The summed E-state index contributed by atoms with van der Waals surface area (Å²) in [6.45, 7) is 3.64. The predicted molar refractivity (Wildman–Crippen MR) is 152 cm³/mol. The van der Waals surface area contributed by atoms with Crippen molar-refractivity contribution in [1.82, 2.24) is 24.5 Å². The smallest absolute Gasteiger partial charge is 0.171 e. The molecule has 1 aliphatic heterocycles. The first-order valence-corrected chi connectivity index (χ1v) is 13.7. The molecule has 0 saturated carbocycles. The van der Waals surface area contributed by atoms with Crippen LogP contribution in [-0.4, -0.2) is 37.6 Å². The maximum Gasteiger partial charge on any atom is 0.171 e. The SMILES string of the molecule is Brc1cnn2c(NCc3cccnc3)cc(C3CCCN(Cc4ccc(Oc5ccccc5)cc4)C3)nc12. The van der Waals surface area contributed by atoms with Crippen molar-refractivity contribution in [2.45, 2.75) is 31.8 Å². The number of aromatic nitrogens is 4. The first kappa shape index (κ1) is 24.6. The second kappa shape index (κ2) is 11.3. The van der Waals surface area contributed by atoms with E-state index < -0.39 is 0 Å². The molecule has 1 atom stereocenters. The third-order valence-electron chi connectivity index (χ3n) is 6.88. The summed E-state index contributed by atoms with van der Waals surface area (Å²) in [7, 11) is 0. The number of rotatable bonds is 8. The number of nitrogens with one attached hydrogen (secondary N) is 1. The number of hydrogen-bond donors (Lipinski definition) is 1. The molecular formula is C30H29BrN6O. The van der Waals surface area contributed by atoms with Gasteiger partial charge in [-0.05, 0) is 76.8 Å². The standard InChI is InChI=1S/C30H29BrN6O/c31-27-19-34-37-29(33-18-23-6-4-14-32-17-23)16-28(35-30(27)37)24-7-5-15-36(21-24)20-22-10-12-26(13-11-22)38-25-8-2-1-3-9-25/h1-4,6,8-14,16-17,19,24,33H,5,7,15,18,20-21H2. The largest absolute Gasteiger partial charge is 0.457 e. The van der Waals surface area contributed by atoms with Crippen LogP contribution in [0, 0.1) is 0 Å². The van der Waals surface area contributed by atoms with Crippen molar-refractivity contribution in [1.29, 1.82) is 0 Å². The predicted octanol–water partition coefficient (Wildman–Crippen LogP) is 6.67. The van der Waals surface area contributed by atoms with Gasteiger partial charge in [0.15, 0.2) is 5.65 Å². The minimum absolute atomic E-state index is 0.357. The number of pyridine rings is 1. The van der Waals surface area contributed by atoms with Crippen molar-refractivity contribution in [3.63, 3.8) is 0 Å². The summed E-state index contributed by atoms with van der Waals surface area (Å²) in [6, 6.07) is 24.5. The van der Waals surface area contributed by atoms with Gasteiger partial charge >= 0.3 is 0 Å². The summed E-state index contributed by atoms with van der Waals surface area (Å²) in [5.74, 6) is 3.00. The van der Waals surface area contributed by atoms with Gasteiger partial charge in [0.1, 0.15) is 17.3 Å². The topological polar surface area (TPSA) is 67.6 Å². The van der Waals surface area contributed by atoms with Gasteiger partial charge in [-0.1, -0.05) is 36.4 Å². The van der Waals surface area contributed by atoms with E-state index in [9.17, 15) is 0 Å². The van der Waals surface area contributed by atoms with Crippen LogP contribution in [0.5, 0.6) is 11.5 Å². The minimum atomic E-state index is 0.357. The number of benzene rings is 2. The van der Waals surface area contributed by atoms with E-state index in [1.54, 1.807) is 12.4 Å². The van der Waals surface area contributed by atoms with Gasteiger partial charge in [0.05, 0.1) is 16.4 Å². The highest BCUT2D eigenvalue weighted by Crippen LogP contribution is 2.31. The molecule has 8 heteroatoms. The Hall–Kier alpha value is -3.75. The molecule has 1 saturated heterocycles. The fourth-order valence-corrected chi connectivity index (χ4v) is 5.32. The van der Waals surface area contributed by atoms with Gasteiger partial charge in [-0.15, -0.1) is 0 Å². The Morgan fingerprint density at radius 1 is 0.947 bits per heavy atom. The van der Waals surface area contributed by atoms with E-state index in [4.69, 9.17) is 9.72 Å². The van der Waals surface area contributed by atoms with Crippen LogP contribution in [0.3, 0.4) is 0 Å². The van der Waals surface area contributed by atoms with Gasteiger partial charge in [0.2, 0.25) is 0 Å². The molecule has 2 aromatic carbocycles. The highest BCUT2D eigenvalue weighted by atomic mass is 79.9. The number of anilines is 1. The van der Waals surface area contributed by atoms with Gasteiger partial charge < -0.3 is 10.1 Å². The van der Waals surface area contributed by atoms with E-state index in [2.05, 4.69) is 72.6 Å². The molecule has 7 nitrogen and oxygen atoms in total. The van der Waals surface area contributed by atoms with E-state index in [-0.39, 0.29) is 0 Å². The van der Waals surface area contributed by atoms with Crippen molar-refractivity contribution in [2.75, 3.05) is 18.4 Å². The molecule has 1 unspecified atom stereocenters. The summed E-state index contributed by atoms with van der Waals surface area (Å²) in [4.78, 5) is 11.8. The number of likely N-dealkylation sites (tertiary alicyclic amines) is 1. The summed E-state index contributed by atoms with van der Waals surface area (Å²) in [5, 5.41) is 8.07. The minimum Gasteiger partial charge on any atom is -0.457 e. The summed E-state index contributed by atoms with van der Waals surface area (Å²) >= 11 is 3.63. The number of ether oxygens (including phenoxy) is 1. The third-order valence-corrected chi connectivity index (χ3v) is 7.44. The molecule has 1 N–H and O–H groups in total. The number of para-hydroxylation sites is 1. The zero-order valence-corrected chi connectivity index (χ0v) is 22.6. The van der Waals surface area contributed by atoms with E-state index in [1.807, 2.05) is 47.1 Å². The van der Waals surface area contributed by atoms with E-state index in [0.717, 1.165) is 71.2 Å². The number of piperidine rings is 1. The lowest BCUT2D eigenvalue weighted by molar-refractivity contribution is 0.198. The summed E-state index contributed by atoms with van der Waals surface area (Å²) in [5.41, 5.74) is 4.34. The van der Waals surface area contributed by atoms with Crippen molar-refractivity contribution < 1.29 is 4.74 Å². The fraction of sp³-hybridized carbons (Fsp3) is 0.233. The highest BCUT2D eigenvalue weighted by molar-refractivity contribution is 9.10.